The Morgan fingerprint density at radius 1 is 0.344 bits per heavy atom. The fraction of sp³-hybridized carbons (Fsp3) is 0.898. The van der Waals surface area contributed by atoms with E-state index in [-0.39, 0.29) is 18.5 Å². The number of rotatable bonds is 54. The molecule has 0 radical (unpaired) electrons. The average molecular weight is 902 g/mol. The van der Waals surface area contributed by atoms with Crippen molar-refractivity contribution >= 4 is 11.9 Å². The van der Waals surface area contributed by atoms with Crippen LogP contribution in [0.15, 0.2) is 24.3 Å². The normalized spacial score (nSPS) is 12.2. The van der Waals surface area contributed by atoms with E-state index in [1.165, 1.54) is 244 Å². The minimum atomic E-state index is -0.530. The predicted octanol–water partition coefficient (Wildman–Crippen LogP) is 19.6. The molecule has 1 atom stereocenters. The molecule has 0 aliphatic heterocycles. The van der Waals surface area contributed by atoms with E-state index in [0.717, 1.165) is 38.5 Å². The summed E-state index contributed by atoms with van der Waals surface area (Å²) < 4.78 is 17.5. The zero-order valence-electron chi connectivity index (χ0n) is 43.6. The molecule has 0 rings (SSSR count). The molecule has 0 aliphatic carbocycles. The van der Waals surface area contributed by atoms with Crippen molar-refractivity contribution < 1.29 is 23.8 Å². The second-order valence-electron chi connectivity index (χ2n) is 19.6. The number of carbonyl (C=O) groups is 2. The van der Waals surface area contributed by atoms with Crippen molar-refractivity contribution in [2.45, 2.75) is 322 Å². The van der Waals surface area contributed by atoms with Gasteiger partial charge in [0.1, 0.15) is 6.61 Å². The van der Waals surface area contributed by atoms with Crippen molar-refractivity contribution in [2.75, 3.05) is 19.8 Å². The third-order valence-corrected chi connectivity index (χ3v) is 13.0. The largest absolute Gasteiger partial charge is 0.462 e. The molecule has 0 aliphatic rings. The summed E-state index contributed by atoms with van der Waals surface area (Å²) in [6.07, 6.45) is 66.2. The number of unbranched alkanes of at least 4 members (excludes halogenated alkanes) is 39. The van der Waals surface area contributed by atoms with Gasteiger partial charge in [-0.3, -0.25) is 9.59 Å². The van der Waals surface area contributed by atoms with Crippen LogP contribution in [0.5, 0.6) is 0 Å². The lowest BCUT2D eigenvalue weighted by molar-refractivity contribution is -0.163. The number of hydrogen-bond acceptors (Lipinski definition) is 5. The lowest BCUT2D eigenvalue weighted by Crippen LogP contribution is -2.30. The van der Waals surface area contributed by atoms with Crippen LogP contribution in [0.4, 0.5) is 0 Å². The van der Waals surface area contributed by atoms with Crippen molar-refractivity contribution in [1.29, 1.82) is 0 Å². The Morgan fingerprint density at radius 2 is 0.656 bits per heavy atom. The summed E-state index contributed by atoms with van der Waals surface area (Å²) in [7, 11) is 0. The number of allylic oxidation sites excluding steroid dienone is 4. The van der Waals surface area contributed by atoms with Crippen LogP contribution in [0, 0.1) is 0 Å². The zero-order chi connectivity index (χ0) is 46.3. The maximum absolute atomic E-state index is 12.8. The maximum Gasteiger partial charge on any atom is 0.306 e. The molecule has 0 saturated carbocycles. The zero-order valence-corrected chi connectivity index (χ0v) is 43.6. The van der Waals surface area contributed by atoms with E-state index in [0.29, 0.717) is 26.1 Å². The van der Waals surface area contributed by atoms with Gasteiger partial charge in [-0.1, -0.05) is 276 Å². The molecule has 0 spiro atoms. The maximum atomic E-state index is 12.8. The van der Waals surface area contributed by atoms with Gasteiger partial charge in [-0.25, -0.2) is 0 Å². The summed E-state index contributed by atoms with van der Waals surface area (Å²) in [5, 5.41) is 0. The second kappa shape index (κ2) is 55.7. The highest BCUT2D eigenvalue weighted by Gasteiger charge is 2.17. The van der Waals surface area contributed by atoms with Gasteiger partial charge in [0, 0.05) is 19.4 Å². The number of esters is 2. The second-order valence-corrected chi connectivity index (χ2v) is 19.6. The van der Waals surface area contributed by atoms with Gasteiger partial charge in [-0.15, -0.1) is 0 Å². The molecule has 0 bridgehead atoms. The lowest BCUT2D eigenvalue weighted by Gasteiger charge is -2.18. The Labute approximate surface area is 400 Å². The fourth-order valence-electron chi connectivity index (χ4n) is 8.66. The molecule has 5 nitrogen and oxygen atoms in total. The molecule has 1 unspecified atom stereocenters. The van der Waals surface area contributed by atoms with Crippen LogP contribution in [-0.2, 0) is 23.8 Å². The van der Waals surface area contributed by atoms with Gasteiger partial charge in [0.15, 0.2) is 6.10 Å². The van der Waals surface area contributed by atoms with E-state index in [4.69, 9.17) is 14.2 Å². The molecular weight excluding hydrogens is 789 g/mol. The Balaban J connectivity index is 4.19. The average Bonchev–Trinajstić information content (AvgIpc) is 3.30. The molecule has 64 heavy (non-hydrogen) atoms. The quantitative estimate of drug-likeness (QED) is 0.0346. The highest BCUT2D eigenvalue weighted by molar-refractivity contribution is 5.70. The monoisotopic (exact) mass is 901 g/mol. The van der Waals surface area contributed by atoms with Gasteiger partial charge < -0.3 is 14.2 Å². The fourth-order valence-corrected chi connectivity index (χ4v) is 8.66. The van der Waals surface area contributed by atoms with Crippen LogP contribution >= 0.6 is 0 Å². The third kappa shape index (κ3) is 53.0. The Morgan fingerprint density at radius 3 is 1.06 bits per heavy atom. The molecule has 0 fully saturated rings. The summed E-state index contributed by atoms with van der Waals surface area (Å²) >= 11 is 0. The van der Waals surface area contributed by atoms with Crippen LogP contribution < -0.4 is 0 Å². The van der Waals surface area contributed by atoms with Crippen LogP contribution in [-0.4, -0.2) is 37.9 Å². The SMILES string of the molecule is CCCCC/C=C\C/C=C\CCCCCCCCCCCC(=O)OCC(COCCCCCCCCCCCCCCCCCC)OC(=O)CCCCCCCCCCCCCCC. The van der Waals surface area contributed by atoms with Crippen LogP contribution in [0.1, 0.15) is 316 Å². The van der Waals surface area contributed by atoms with E-state index in [1.807, 2.05) is 0 Å². The van der Waals surface area contributed by atoms with Crippen LogP contribution in [0.25, 0.3) is 0 Å². The molecule has 0 aromatic rings. The molecule has 0 aromatic carbocycles. The topological polar surface area (TPSA) is 61.8 Å². The Bertz CT molecular complexity index is 974. The summed E-state index contributed by atoms with van der Waals surface area (Å²) in [6.45, 7) is 7.87. The van der Waals surface area contributed by atoms with Gasteiger partial charge in [0.05, 0.1) is 6.61 Å². The van der Waals surface area contributed by atoms with Gasteiger partial charge in [0.2, 0.25) is 0 Å². The minimum absolute atomic E-state index is 0.0914. The highest BCUT2D eigenvalue weighted by atomic mass is 16.6. The Kier molecular flexibility index (Phi) is 54.3. The van der Waals surface area contributed by atoms with E-state index < -0.39 is 6.10 Å². The summed E-state index contributed by atoms with van der Waals surface area (Å²) in [5.41, 5.74) is 0. The van der Waals surface area contributed by atoms with Crippen molar-refractivity contribution in [3.63, 3.8) is 0 Å². The highest BCUT2D eigenvalue weighted by Crippen LogP contribution is 2.17. The Hall–Kier alpha value is -1.62. The molecule has 5 heteroatoms. The van der Waals surface area contributed by atoms with Gasteiger partial charge in [0.25, 0.3) is 0 Å². The third-order valence-electron chi connectivity index (χ3n) is 13.0. The standard InChI is InChI=1S/C59H112O5/c1-4-7-10-13-16-19-22-25-27-29-30-31-32-35-37-40-43-46-49-52-58(60)63-56-57(64-59(61)53-50-47-44-41-38-34-24-21-18-15-12-9-6-3)55-62-54-51-48-45-42-39-36-33-28-26-23-20-17-14-11-8-5-2/h16,19,25,27,57H,4-15,17-18,20-24,26,28-56H2,1-3H3/b19-16-,27-25-. The summed E-state index contributed by atoms with van der Waals surface area (Å²) in [5.74, 6) is -0.379. The molecule has 378 valence electrons. The molecule has 0 amide bonds. The van der Waals surface area contributed by atoms with E-state index in [1.54, 1.807) is 0 Å². The van der Waals surface area contributed by atoms with E-state index in [2.05, 4.69) is 45.1 Å². The summed E-state index contributed by atoms with van der Waals surface area (Å²) in [4.78, 5) is 25.5. The summed E-state index contributed by atoms with van der Waals surface area (Å²) in [6, 6.07) is 0. The van der Waals surface area contributed by atoms with Crippen molar-refractivity contribution in [3.8, 4) is 0 Å². The molecule has 0 saturated heterocycles. The van der Waals surface area contributed by atoms with E-state index >= 15 is 0 Å². The minimum Gasteiger partial charge on any atom is -0.462 e. The smallest absolute Gasteiger partial charge is 0.306 e. The van der Waals surface area contributed by atoms with Crippen LogP contribution in [0.3, 0.4) is 0 Å². The van der Waals surface area contributed by atoms with E-state index in [9.17, 15) is 9.59 Å². The molecule has 0 heterocycles. The number of ether oxygens (including phenoxy) is 3. The van der Waals surface area contributed by atoms with Gasteiger partial charge in [-0.05, 0) is 51.4 Å². The number of hydrogen-bond donors (Lipinski definition) is 0. The molecular formula is C59H112O5. The van der Waals surface area contributed by atoms with Crippen molar-refractivity contribution in [1.82, 2.24) is 0 Å². The first-order chi connectivity index (χ1) is 31.6. The molecule has 0 aromatic heterocycles. The first-order valence-corrected chi connectivity index (χ1v) is 28.9. The van der Waals surface area contributed by atoms with Crippen LogP contribution in [0.2, 0.25) is 0 Å². The van der Waals surface area contributed by atoms with Crippen molar-refractivity contribution in [2.24, 2.45) is 0 Å². The first-order valence-electron chi connectivity index (χ1n) is 28.9. The van der Waals surface area contributed by atoms with Gasteiger partial charge >= 0.3 is 11.9 Å². The van der Waals surface area contributed by atoms with Crippen molar-refractivity contribution in [3.05, 3.63) is 24.3 Å². The number of carbonyl (C=O) groups excluding carboxylic acids is 2. The predicted molar refractivity (Wildman–Crippen MR) is 279 cm³/mol. The first kappa shape index (κ1) is 62.4. The van der Waals surface area contributed by atoms with Gasteiger partial charge in [-0.2, -0.15) is 0 Å². The lowest BCUT2D eigenvalue weighted by atomic mass is 10.0. The molecule has 0 N–H and O–H groups in total.